The molecule has 9 heteroatoms. The largest absolute Gasteiger partial charge is 0.394 e. The van der Waals surface area contributed by atoms with Crippen molar-refractivity contribution in [3.63, 3.8) is 0 Å². The molecule has 98 valence electrons. The number of carbonyl (C=O) groups is 1. The first-order valence-corrected chi connectivity index (χ1v) is 5.20. The van der Waals surface area contributed by atoms with E-state index in [1.54, 1.807) is 0 Å². The highest BCUT2D eigenvalue weighted by Gasteiger charge is 2.19. The maximum Gasteiger partial charge on any atom is 0.288 e. The van der Waals surface area contributed by atoms with Crippen LogP contribution in [0.25, 0.3) is 0 Å². The Bertz CT molecular complexity index is 464. The number of amides is 1. The van der Waals surface area contributed by atoms with Crippen molar-refractivity contribution in [2.45, 2.75) is 6.04 Å². The van der Waals surface area contributed by atoms with E-state index < -0.39 is 30.1 Å². The molecule has 0 fully saturated rings. The summed E-state index contributed by atoms with van der Waals surface area (Å²) in [7, 11) is 0. The van der Waals surface area contributed by atoms with Gasteiger partial charge in [0, 0.05) is 6.07 Å². The summed E-state index contributed by atoms with van der Waals surface area (Å²) in [6.45, 7) is -0.940. The molecule has 0 unspecified atom stereocenters. The summed E-state index contributed by atoms with van der Waals surface area (Å²) in [5.41, 5.74) is -0.577. The summed E-state index contributed by atoms with van der Waals surface area (Å²) < 4.78 is 0. The fourth-order valence-corrected chi connectivity index (χ4v) is 1.30. The Hall–Kier alpha value is -1.77. The maximum atomic E-state index is 11.7. The van der Waals surface area contributed by atoms with Crippen molar-refractivity contribution in [2.24, 2.45) is 0 Å². The van der Waals surface area contributed by atoms with Gasteiger partial charge in [-0.1, -0.05) is 11.6 Å². The van der Waals surface area contributed by atoms with Gasteiger partial charge in [-0.25, -0.2) is 4.98 Å². The monoisotopic (exact) mass is 275 g/mol. The van der Waals surface area contributed by atoms with E-state index in [1.165, 1.54) is 0 Å². The highest BCUT2D eigenvalue weighted by molar-refractivity contribution is 6.32. The van der Waals surface area contributed by atoms with Gasteiger partial charge in [-0.15, -0.1) is 0 Å². The van der Waals surface area contributed by atoms with E-state index in [4.69, 9.17) is 21.8 Å². The van der Waals surface area contributed by atoms with Gasteiger partial charge in [0.1, 0.15) is 11.3 Å². The Morgan fingerprint density at radius 1 is 1.56 bits per heavy atom. The molecule has 1 aromatic heterocycles. The Morgan fingerprint density at radius 3 is 2.67 bits per heavy atom. The molecule has 0 aliphatic heterocycles. The highest BCUT2D eigenvalue weighted by atomic mass is 35.5. The molecule has 3 N–H and O–H groups in total. The number of nitrogens with zero attached hydrogens (tertiary/aromatic N) is 2. The van der Waals surface area contributed by atoms with Gasteiger partial charge in [0.15, 0.2) is 0 Å². The summed E-state index contributed by atoms with van der Waals surface area (Å²) >= 11 is 5.65. The number of nitrogens with one attached hydrogen (secondary N) is 1. The number of aromatic nitrogens is 1. The fraction of sp³-hybridized carbons (Fsp3) is 0.333. The highest BCUT2D eigenvalue weighted by Crippen LogP contribution is 2.18. The zero-order chi connectivity index (χ0) is 13.7. The molecule has 18 heavy (non-hydrogen) atoms. The lowest BCUT2D eigenvalue weighted by atomic mass is 10.2. The minimum Gasteiger partial charge on any atom is -0.394 e. The predicted octanol–water partition coefficient (Wildman–Crippen LogP) is -0.274. The first-order valence-electron chi connectivity index (χ1n) is 4.82. The molecular weight excluding hydrogens is 266 g/mol. The molecule has 0 atom stereocenters. The first kappa shape index (κ1) is 14.3. The smallest absolute Gasteiger partial charge is 0.288 e. The van der Waals surface area contributed by atoms with E-state index in [-0.39, 0.29) is 16.4 Å². The van der Waals surface area contributed by atoms with Gasteiger partial charge < -0.3 is 15.5 Å². The van der Waals surface area contributed by atoms with Gasteiger partial charge in [0.05, 0.1) is 29.7 Å². The second kappa shape index (κ2) is 6.24. The molecule has 0 spiro atoms. The van der Waals surface area contributed by atoms with E-state index in [0.717, 1.165) is 12.3 Å². The number of aliphatic hydroxyl groups excluding tert-OH is 2. The minimum atomic E-state index is -0.868. The summed E-state index contributed by atoms with van der Waals surface area (Å²) in [5.74, 6) is -0.760. The number of carbonyl (C=O) groups excluding carboxylic acids is 1. The Balaban J connectivity index is 2.97. The number of pyridine rings is 1. The van der Waals surface area contributed by atoms with Crippen molar-refractivity contribution in [3.8, 4) is 0 Å². The second-order valence-corrected chi connectivity index (χ2v) is 3.68. The average molecular weight is 276 g/mol. The van der Waals surface area contributed by atoms with Crippen LogP contribution in [0.15, 0.2) is 12.3 Å². The summed E-state index contributed by atoms with van der Waals surface area (Å²) in [5, 5.41) is 30.2. The SMILES string of the molecule is O=C(NC(CO)CO)c1cc([N+](=O)[O-])cnc1Cl. The van der Waals surface area contributed by atoms with Crippen molar-refractivity contribution >= 4 is 23.2 Å². The van der Waals surface area contributed by atoms with Crippen LogP contribution in [0, 0.1) is 10.1 Å². The maximum absolute atomic E-state index is 11.7. The Morgan fingerprint density at radius 2 is 2.17 bits per heavy atom. The van der Waals surface area contributed by atoms with Crippen LogP contribution in [-0.2, 0) is 0 Å². The Kier molecular flexibility index (Phi) is 4.95. The molecule has 1 heterocycles. The molecule has 1 aromatic rings. The normalized spacial score (nSPS) is 10.4. The van der Waals surface area contributed by atoms with Crippen molar-refractivity contribution < 1.29 is 19.9 Å². The molecule has 8 nitrogen and oxygen atoms in total. The molecule has 0 radical (unpaired) electrons. The van der Waals surface area contributed by atoms with E-state index >= 15 is 0 Å². The van der Waals surface area contributed by atoms with Crippen molar-refractivity contribution in [2.75, 3.05) is 13.2 Å². The predicted molar refractivity (Wildman–Crippen MR) is 61.3 cm³/mol. The van der Waals surface area contributed by atoms with Crippen LogP contribution >= 0.6 is 11.6 Å². The molecule has 1 amide bonds. The van der Waals surface area contributed by atoms with Crippen LogP contribution in [-0.4, -0.2) is 45.3 Å². The molecule has 0 aromatic carbocycles. The van der Waals surface area contributed by atoms with E-state index in [2.05, 4.69) is 10.3 Å². The molecule has 1 rings (SSSR count). The number of rotatable bonds is 5. The molecule has 0 saturated heterocycles. The number of halogens is 1. The minimum absolute atomic E-state index is 0.197. The van der Waals surface area contributed by atoms with E-state index in [1.807, 2.05) is 0 Å². The van der Waals surface area contributed by atoms with Gasteiger partial charge >= 0.3 is 0 Å². The van der Waals surface area contributed by atoms with Crippen molar-refractivity contribution in [3.05, 3.63) is 33.1 Å². The third-order valence-electron chi connectivity index (χ3n) is 2.06. The average Bonchev–Trinajstić information content (AvgIpc) is 2.35. The standard InChI is InChI=1S/C9H10ClN3O5/c10-8-7(1-6(2-11-8)13(17)18)9(16)12-5(3-14)4-15/h1-2,5,14-15H,3-4H2,(H,12,16). The van der Waals surface area contributed by atoms with E-state index in [9.17, 15) is 14.9 Å². The van der Waals surface area contributed by atoms with Crippen LogP contribution in [0.2, 0.25) is 5.15 Å². The third-order valence-corrected chi connectivity index (χ3v) is 2.36. The molecule has 0 aliphatic rings. The second-order valence-electron chi connectivity index (χ2n) is 3.32. The van der Waals surface area contributed by atoms with Crippen LogP contribution in [0.4, 0.5) is 5.69 Å². The van der Waals surface area contributed by atoms with Crippen LogP contribution in [0.5, 0.6) is 0 Å². The molecule has 0 aliphatic carbocycles. The van der Waals surface area contributed by atoms with Gasteiger partial charge in [-0.3, -0.25) is 14.9 Å². The van der Waals surface area contributed by atoms with Gasteiger partial charge in [0.2, 0.25) is 0 Å². The lowest BCUT2D eigenvalue weighted by molar-refractivity contribution is -0.385. The fourth-order valence-electron chi connectivity index (χ4n) is 1.11. The topological polar surface area (TPSA) is 126 Å². The summed E-state index contributed by atoms with van der Waals surface area (Å²) in [6, 6.07) is 0.101. The lowest BCUT2D eigenvalue weighted by Gasteiger charge is -2.13. The molecular formula is C9H10ClN3O5. The third kappa shape index (κ3) is 3.36. The lowest BCUT2D eigenvalue weighted by Crippen LogP contribution is -2.40. The zero-order valence-electron chi connectivity index (χ0n) is 9.04. The van der Waals surface area contributed by atoms with Gasteiger partial charge in [0.25, 0.3) is 11.6 Å². The van der Waals surface area contributed by atoms with Crippen LogP contribution in [0.3, 0.4) is 0 Å². The number of hydrogen-bond donors (Lipinski definition) is 3. The Labute approximate surface area is 106 Å². The molecule has 0 saturated carbocycles. The quantitative estimate of drug-likeness (QED) is 0.386. The van der Waals surface area contributed by atoms with E-state index in [0.29, 0.717) is 0 Å². The van der Waals surface area contributed by atoms with Crippen LogP contribution in [0.1, 0.15) is 10.4 Å². The number of aliphatic hydroxyl groups is 2. The molecule has 0 bridgehead atoms. The van der Waals surface area contributed by atoms with Crippen molar-refractivity contribution in [1.29, 1.82) is 0 Å². The van der Waals surface area contributed by atoms with Crippen molar-refractivity contribution in [1.82, 2.24) is 10.3 Å². The summed E-state index contributed by atoms with van der Waals surface area (Å²) in [6.07, 6.45) is 0.925. The van der Waals surface area contributed by atoms with Gasteiger partial charge in [-0.05, 0) is 0 Å². The summed E-state index contributed by atoms with van der Waals surface area (Å²) in [4.78, 5) is 25.0. The number of hydrogen-bond acceptors (Lipinski definition) is 6. The van der Waals surface area contributed by atoms with Crippen LogP contribution < -0.4 is 5.32 Å². The zero-order valence-corrected chi connectivity index (χ0v) is 9.79. The number of nitro groups is 1. The first-order chi connectivity index (χ1) is 8.49. The van der Waals surface area contributed by atoms with Gasteiger partial charge in [-0.2, -0.15) is 0 Å².